The molecule has 2 aromatic carbocycles. The molecule has 0 radical (unpaired) electrons. The highest BCUT2D eigenvalue weighted by Crippen LogP contribution is 2.27. The molecule has 2 aromatic rings. The third-order valence-corrected chi connectivity index (χ3v) is 3.41. The van der Waals surface area contributed by atoms with Crippen LogP contribution in [0.5, 0.6) is 0 Å². The van der Waals surface area contributed by atoms with Crippen LogP contribution in [0.1, 0.15) is 10.4 Å². The maximum atomic E-state index is 13.9. The Morgan fingerprint density at radius 1 is 1.30 bits per heavy atom. The summed E-state index contributed by atoms with van der Waals surface area (Å²) in [5.41, 5.74) is 0.199. The van der Waals surface area contributed by atoms with Crippen molar-refractivity contribution < 1.29 is 14.1 Å². The van der Waals surface area contributed by atoms with E-state index in [2.05, 4.69) is 5.32 Å². The predicted molar refractivity (Wildman–Crippen MR) is 86.8 cm³/mol. The minimum absolute atomic E-state index is 0.0589. The van der Waals surface area contributed by atoms with Gasteiger partial charge in [-0.05, 0) is 18.2 Å². The summed E-state index contributed by atoms with van der Waals surface area (Å²) in [6.45, 7) is 0. The summed E-state index contributed by atoms with van der Waals surface area (Å²) in [6.07, 6.45) is 0. The van der Waals surface area contributed by atoms with E-state index in [-0.39, 0.29) is 22.0 Å². The fourth-order valence-electron chi connectivity index (χ4n) is 2.00. The normalized spacial score (nSPS) is 10.3. The average Bonchev–Trinajstić information content (AvgIpc) is 2.51. The second kappa shape index (κ2) is 6.62. The molecule has 1 N–H and O–H groups in total. The second-order valence-corrected chi connectivity index (χ2v) is 5.32. The van der Waals surface area contributed by atoms with Crippen molar-refractivity contribution in [2.75, 3.05) is 24.3 Å². The van der Waals surface area contributed by atoms with Crippen molar-refractivity contribution in [1.82, 2.24) is 0 Å². The van der Waals surface area contributed by atoms with E-state index >= 15 is 0 Å². The number of carbonyl (C=O) groups excluding carboxylic acids is 1. The summed E-state index contributed by atoms with van der Waals surface area (Å²) < 4.78 is 13.9. The summed E-state index contributed by atoms with van der Waals surface area (Å²) >= 11 is 5.67. The highest BCUT2D eigenvalue weighted by Gasteiger charge is 2.19. The van der Waals surface area contributed by atoms with Gasteiger partial charge in [-0.1, -0.05) is 17.7 Å². The van der Waals surface area contributed by atoms with Crippen molar-refractivity contribution in [3.8, 4) is 0 Å². The number of hydrogen-bond donors (Lipinski definition) is 1. The topological polar surface area (TPSA) is 75.5 Å². The third-order valence-electron chi connectivity index (χ3n) is 3.12. The maximum Gasteiger partial charge on any atom is 0.270 e. The molecule has 0 saturated heterocycles. The molecule has 0 aliphatic rings. The lowest BCUT2D eigenvalue weighted by Crippen LogP contribution is -2.19. The number of anilines is 2. The van der Waals surface area contributed by atoms with Crippen molar-refractivity contribution >= 4 is 34.6 Å². The monoisotopic (exact) mass is 337 g/mol. The third kappa shape index (κ3) is 3.57. The van der Waals surface area contributed by atoms with Gasteiger partial charge in [0.05, 0.1) is 21.2 Å². The van der Waals surface area contributed by atoms with Crippen LogP contribution in [-0.4, -0.2) is 24.9 Å². The molecule has 8 heteroatoms. The van der Waals surface area contributed by atoms with Gasteiger partial charge in [-0.2, -0.15) is 0 Å². The molecule has 0 heterocycles. The van der Waals surface area contributed by atoms with Gasteiger partial charge < -0.3 is 10.2 Å². The lowest BCUT2D eigenvalue weighted by molar-refractivity contribution is -0.384. The Morgan fingerprint density at radius 2 is 2.00 bits per heavy atom. The molecular weight excluding hydrogens is 325 g/mol. The number of amides is 1. The lowest BCUT2D eigenvalue weighted by atomic mass is 10.1. The SMILES string of the molecule is CN(C)c1ccc([N+](=O)[O-])cc1C(=O)Nc1cccc(Cl)c1F. The molecule has 0 aromatic heterocycles. The zero-order chi connectivity index (χ0) is 17.1. The number of rotatable bonds is 4. The van der Waals surface area contributed by atoms with E-state index in [1.54, 1.807) is 19.0 Å². The second-order valence-electron chi connectivity index (χ2n) is 4.91. The molecule has 0 atom stereocenters. The Labute approximate surface area is 136 Å². The molecule has 0 aliphatic carbocycles. The largest absolute Gasteiger partial charge is 0.377 e. The summed E-state index contributed by atoms with van der Waals surface area (Å²) in [5.74, 6) is -1.43. The van der Waals surface area contributed by atoms with Gasteiger partial charge in [0.15, 0.2) is 5.82 Å². The fraction of sp³-hybridized carbons (Fsp3) is 0.133. The van der Waals surface area contributed by atoms with Gasteiger partial charge in [0, 0.05) is 31.9 Å². The van der Waals surface area contributed by atoms with Crippen LogP contribution in [0.25, 0.3) is 0 Å². The molecule has 0 spiro atoms. The molecule has 120 valence electrons. The standard InChI is InChI=1S/C15H13ClFN3O3/c1-19(2)13-7-6-9(20(22)23)8-10(13)15(21)18-12-5-3-4-11(16)14(12)17/h3-8H,1-2H3,(H,18,21). The number of hydrogen-bond acceptors (Lipinski definition) is 4. The summed E-state index contributed by atoms with van der Waals surface area (Å²) in [7, 11) is 3.38. The van der Waals surface area contributed by atoms with Gasteiger partial charge >= 0.3 is 0 Å². The highest BCUT2D eigenvalue weighted by atomic mass is 35.5. The summed E-state index contributed by atoms with van der Waals surface area (Å²) in [6, 6.07) is 8.10. The van der Waals surface area contributed by atoms with Gasteiger partial charge in [-0.15, -0.1) is 0 Å². The number of nitro groups is 1. The van der Waals surface area contributed by atoms with E-state index in [0.717, 1.165) is 6.07 Å². The molecular formula is C15H13ClFN3O3. The molecule has 0 fully saturated rings. The number of non-ortho nitro benzene ring substituents is 1. The van der Waals surface area contributed by atoms with Crippen LogP contribution in [0.15, 0.2) is 36.4 Å². The van der Waals surface area contributed by atoms with E-state index in [1.165, 1.54) is 30.3 Å². The van der Waals surface area contributed by atoms with Gasteiger partial charge in [0.25, 0.3) is 11.6 Å². The summed E-state index contributed by atoms with van der Waals surface area (Å²) in [4.78, 5) is 24.3. The molecule has 0 aliphatic heterocycles. The highest BCUT2D eigenvalue weighted by molar-refractivity contribution is 6.31. The zero-order valence-corrected chi connectivity index (χ0v) is 13.1. The van der Waals surface area contributed by atoms with Crippen molar-refractivity contribution in [1.29, 1.82) is 0 Å². The number of carbonyl (C=O) groups is 1. The van der Waals surface area contributed by atoms with Crippen LogP contribution in [0, 0.1) is 15.9 Å². The van der Waals surface area contributed by atoms with E-state index in [4.69, 9.17) is 11.6 Å². The van der Waals surface area contributed by atoms with Gasteiger partial charge in [-0.3, -0.25) is 14.9 Å². The Kier molecular flexibility index (Phi) is 4.80. The molecule has 2 rings (SSSR count). The van der Waals surface area contributed by atoms with Crippen LogP contribution in [-0.2, 0) is 0 Å². The number of halogens is 2. The maximum absolute atomic E-state index is 13.9. The van der Waals surface area contributed by atoms with Crippen molar-refractivity contribution in [3.63, 3.8) is 0 Å². The number of nitrogens with one attached hydrogen (secondary N) is 1. The summed E-state index contributed by atoms with van der Waals surface area (Å²) in [5, 5.41) is 13.1. The van der Waals surface area contributed by atoms with Crippen LogP contribution in [0.4, 0.5) is 21.5 Å². The van der Waals surface area contributed by atoms with Crippen molar-refractivity contribution in [2.45, 2.75) is 0 Å². The first-order valence-corrected chi connectivity index (χ1v) is 6.90. The van der Waals surface area contributed by atoms with Gasteiger partial charge in [0.1, 0.15) is 0 Å². The first-order valence-electron chi connectivity index (χ1n) is 6.52. The molecule has 0 bridgehead atoms. The zero-order valence-electron chi connectivity index (χ0n) is 12.3. The molecule has 0 unspecified atom stereocenters. The molecule has 6 nitrogen and oxygen atoms in total. The van der Waals surface area contributed by atoms with E-state index in [0.29, 0.717) is 5.69 Å². The Balaban J connectivity index is 2.43. The van der Waals surface area contributed by atoms with E-state index < -0.39 is 16.6 Å². The average molecular weight is 338 g/mol. The quantitative estimate of drug-likeness (QED) is 0.681. The van der Waals surface area contributed by atoms with Crippen LogP contribution < -0.4 is 10.2 Å². The van der Waals surface area contributed by atoms with Crippen LogP contribution in [0.3, 0.4) is 0 Å². The van der Waals surface area contributed by atoms with Gasteiger partial charge in [0.2, 0.25) is 0 Å². The first kappa shape index (κ1) is 16.7. The predicted octanol–water partition coefficient (Wildman–Crippen LogP) is 3.71. The number of benzene rings is 2. The van der Waals surface area contributed by atoms with E-state index in [1.807, 2.05) is 0 Å². The Hall–Kier alpha value is -2.67. The first-order chi connectivity index (χ1) is 10.8. The molecule has 1 amide bonds. The number of nitrogens with zero attached hydrogens (tertiary/aromatic N) is 2. The number of nitro benzene ring substituents is 1. The Morgan fingerprint density at radius 3 is 2.61 bits per heavy atom. The van der Waals surface area contributed by atoms with Crippen LogP contribution >= 0.6 is 11.6 Å². The van der Waals surface area contributed by atoms with Crippen molar-refractivity contribution in [2.24, 2.45) is 0 Å². The smallest absolute Gasteiger partial charge is 0.270 e. The lowest BCUT2D eigenvalue weighted by Gasteiger charge is -2.17. The van der Waals surface area contributed by atoms with E-state index in [9.17, 15) is 19.3 Å². The minimum Gasteiger partial charge on any atom is -0.377 e. The minimum atomic E-state index is -0.764. The fourth-order valence-corrected chi connectivity index (χ4v) is 2.17. The van der Waals surface area contributed by atoms with Crippen LogP contribution in [0.2, 0.25) is 5.02 Å². The van der Waals surface area contributed by atoms with Gasteiger partial charge in [-0.25, -0.2) is 4.39 Å². The molecule has 0 saturated carbocycles. The molecule has 23 heavy (non-hydrogen) atoms. The Bertz CT molecular complexity index is 781. The van der Waals surface area contributed by atoms with Crippen molar-refractivity contribution in [3.05, 3.63) is 62.9 Å².